The van der Waals surface area contributed by atoms with Crippen LogP contribution in [0.1, 0.15) is 10.4 Å². The van der Waals surface area contributed by atoms with Crippen LogP contribution in [0.4, 0.5) is 0 Å². The average molecular weight is 190 g/mol. The van der Waals surface area contributed by atoms with Gasteiger partial charge in [-0.1, -0.05) is 22.3 Å². The van der Waals surface area contributed by atoms with E-state index in [1.807, 2.05) is 0 Å². The van der Waals surface area contributed by atoms with E-state index in [2.05, 4.69) is 20.6 Å². The molecule has 0 fully saturated rings. The molecule has 14 heavy (non-hydrogen) atoms. The summed E-state index contributed by atoms with van der Waals surface area (Å²) in [5.74, 6) is 0.406. The summed E-state index contributed by atoms with van der Waals surface area (Å²) in [5.41, 5.74) is 0.442. The minimum Gasteiger partial charge on any atom is -0.421 e. The molecule has 0 radical (unpaired) electrons. The van der Waals surface area contributed by atoms with Gasteiger partial charge in [-0.05, 0) is 17.3 Å². The smallest absolute Gasteiger partial charge is 0.361 e. The lowest BCUT2D eigenvalue weighted by atomic mass is 10.2. The number of hydrogen-bond donors (Lipinski definition) is 1. The number of carbonyl (C=O) groups excluding carboxylic acids is 1. The van der Waals surface area contributed by atoms with Crippen molar-refractivity contribution in [2.75, 3.05) is 0 Å². The van der Waals surface area contributed by atoms with Gasteiger partial charge in [0.15, 0.2) is 6.29 Å². The zero-order chi connectivity index (χ0) is 9.80. The van der Waals surface area contributed by atoms with E-state index in [1.54, 1.807) is 24.3 Å². The van der Waals surface area contributed by atoms with E-state index < -0.39 is 0 Å². The molecule has 1 aromatic heterocycles. The molecule has 0 spiro atoms. The highest BCUT2D eigenvalue weighted by Gasteiger charge is 2.05. The topological polar surface area (TPSA) is 80.8 Å². The first-order chi connectivity index (χ1) is 6.90. The van der Waals surface area contributed by atoms with Gasteiger partial charge in [-0.25, -0.2) is 0 Å². The SMILES string of the molecule is O=Cc1ccccc1Oc1nn[nH]n1. The van der Waals surface area contributed by atoms with Gasteiger partial charge in [0.1, 0.15) is 5.75 Å². The molecule has 2 rings (SSSR count). The van der Waals surface area contributed by atoms with Crippen LogP contribution in [0.2, 0.25) is 0 Å². The lowest BCUT2D eigenvalue weighted by molar-refractivity contribution is 0.112. The molecule has 0 aliphatic carbocycles. The predicted molar refractivity (Wildman–Crippen MR) is 46.1 cm³/mol. The van der Waals surface area contributed by atoms with E-state index in [1.165, 1.54) is 0 Å². The Kier molecular flexibility index (Phi) is 2.18. The van der Waals surface area contributed by atoms with Gasteiger partial charge in [0.05, 0.1) is 5.56 Å². The second-order valence-corrected chi connectivity index (χ2v) is 2.45. The first-order valence-corrected chi connectivity index (χ1v) is 3.85. The number of hydrogen-bond acceptors (Lipinski definition) is 5. The van der Waals surface area contributed by atoms with Crippen LogP contribution in [0.3, 0.4) is 0 Å². The Morgan fingerprint density at radius 1 is 1.36 bits per heavy atom. The Hall–Kier alpha value is -2.24. The third-order valence-corrected chi connectivity index (χ3v) is 1.57. The summed E-state index contributed by atoms with van der Waals surface area (Å²) in [6, 6.07) is 6.87. The van der Waals surface area contributed by atoms with Crippen LogP contribution in [0.25, 0.3) is 0 Å². The molecule has 1 aromatic carbocycles. The van der Waals surface area contributed by atoms with Crippen molar-refractivity contribution in [1.82, 2.24) is 20.6 Å². The lowest BCUT2D eigenvalue weighted by Gasteiger charge is -2.01. The number of nitrogens with zero attached hydrogens (tertiary/aromatic N) is 3. The summed E-state index contributed by atoms with van der Waals surface area (Å²) in [6.45, 7) is 0. The second-order valence-electron chi connectivity index (χ2n) is 2.45. The number of tetrazole rings is 1. The summed E-state index contributed by atoms with van der Waals surface area (Å²) in [7, 11) is 0. The molecule has 0 saturated carbocycles. The van der Waals surface area contributed by atoms with Crippen LogP contribution in [-0.2, 0) is 0 Å². The largest absolute Gasteiger partial charge is 0.421 e. The number of benzene rings is 1. The number of H-pyrrole nitrogens is 1. The minimum absolute atomic E-state index is 0.0827. The highest BCUT2D eigenvalue weighted by molar-refractivity contribution is 5.79. The zero-order valence-corrected chi connectivity index (χ0v) is 7.04. The summed E-state index contributed by atoms with van der Waals surface area (Å²) in [5, 5.41) is 12.8. The molecule has 0 amide bonds. The van der Waals surface area contributed by atoms with Gasteiger partial charge < -0.3 is 4.74 Å². The number of rotatable bonds is 3. The van der Waals surface area contributed by atoms with Crippen molar-refractivity contribution < 1.29 is 9.53 Å². The summed E-state index contributed by atoms with van der Waals surface area (Å²) >= 11 is 0. The molecule has 0 bridgehead atoms. The molecule has 0 unspecified atom stereocenters. The Balaban J connectivity index is 2.28. The molecule has 0 saturated heterocycles. The van der Waals surface area contributed by atoms with Gasteiger partial charge in [0.25, 0.3) is 0 Å². The second kappa shape index (κ2) is 3.65. The normalized spacial score (nSPS) is 9.71. The fourth-order valence-electron chi connectivity index (χ4n) is 0.965. The maximum atomic E-state index is 10.6. The Labute approximate surface area is 78.9 Å². The molecule has 0 atom stereocenters. The highest BCUT2D eigenvalue weighted by Crippen LogP contribution is 2.19. The molecule has 2 aromatic rings. The van der Waals surface area contributed by atoms with E-state index in [9.17, 15) is 4.79 Å². The molecular formula is C8H6N4O2. The van der Waals surface area contributed by atoms with Crippen LogP contribution < -0.4 is 4.74 Å². The zero-order valence-electron chi connectivity index (χ0n) is 7.04. The molecular weight excluding hydrogens is 184 g/mol. The van der Waals surface area contributed by atoms with Crippen molar-refractivity contribution >= 4 is 6.29 Å². The standard InChI is InChI=1S/C8H6N4O2/c13-5-6-3-1-2-4-7(6)14-8-9-11-12-10-8/h1-5H,(H,9,10,11,12). The third-order valence-electron chi connectivity index (χ3n) is 1.57. The van der Waals surface area contributed by atoms with Gasteiger partial charge in [0.2, 0.25) is 0 Å². The van der Waals surface area contributed by atoms with Crippen molar-refractivity contribution in [2.45, 2.75) is 0 Å². The summed E-state index contributed by atoms with van der Waals surface area (Å²) in [6.07, 6.45) is 0.704. The number of carbonyl (C=O) groups is 1. The summed E-state index contributed by atoms with van der Waals surface area (Å²) in [4.78, 5) is 10.6. The van der Waals surface area contributed by atoms with Gasteiger partial charge >= 0.3 is 6.01 Å². The number of aromatic amines is 1. The number of aromatic nitrogens is 4. The molecule has 1 N–H and O–H groups in total. The molecule has 0 aliphatic rings. The lowest BCUT2D eigenvalue weighted by Crippen LogP contribution is -1.91. The molecule has 6 nitrogen and oxygen atoms in total. The maximum absolute atomic E-state index is 10.6. The van der Waals surface area contributed by atoms with Crippen molar-refractivity contribution in [2.24, 2.45) is 0 Å². The highest BCUT2D eigenvalue weighted by atomic mass is 16.5. The number of ether oxygens (including phenoxy) is 1. The summed E-state index contributed by atoms with van der Waals surface area (Å²) < 4.78 is 5.19. The van der Waals surface area contributed by atoms with E-state index in [-0.39, 0.29) is 6.01 Å². The van der Waals surface area contributed by atoms with Crippen molar-refractivity contribution in [3.05, 3.63) is 29.8 Å². The van der Waals surface area contributed by atoms with E-state index in [4.69, 9.17) is 4.74 Å². The monoisotopic (exact) mass is 190 g/mol. The number of nitrogens with one attached hydrogen (secondary N) is 1. The fraction of sp³-hybridized carbons (Fsp3) is 0. The van der Waals surface area contributed by atoms with E-state index >= 15 is 0 Å². The molecule has 0 aliphatic heterocycles. The predicted octanol–water partition coefficient (Wildman–Crippen LogP) is 0.804. The first-order valence-electron chi connectivity index (χ1n) is 3.85. The van der Waals surface area contributed by atoms with Crippen LogP contribution in [0.15, 0.2) is 24.3 Å². The third kappa shape index (κ3) is 1.58. The van der Waals surface area contributed by atoms with Crippen molar-refractivity contribution in [3.63, 3.8) is 0 Å². The average Bonchev–Trinajstić information content (AvgIpc) is 2.71. The Morgan fingerprint density at radius 3 is 2.93 bits per heavy atom. The molecule has 1 heterocycles. The molecule has 70 valence electrons. The van der Waals surface area contributed by atoms with Crippen molar-refractivity contribution in [1.29, 1.82) is 0 Å². The van der Waals surface area contributed by atoms with E-state index in [0.29, 0.717) is 17.6 Å². The first kappa shape index (κ1) is 8.36. The number of aldehydes is 1. The van der Waals surface area contributed by atoms with Gasteiger partial charge in [-0.3, -0.25) is 4.79 Å². The maximum Gasteiger partial charge on any atom is 0.361 e. The molecule has 6 heteroatoms. The van der Waals surface area contributed by atoms with Crippen LogP contribution in [-0.4, -0.2) is 26.9 Å². The van der Waals surface area contributed by atoms with E-state index in [0.717, 1.165) is 0 Å². The van der Waals surface area contributed by atoms with Gasteiger partial charge in [-0.2, -0.15) is 5.21 Å². The quantitative estimate of drug-likeness (QED) is 0.724. The van der Waals surface area contributed by atoms with Gasteiger partial charge in [0, 0.05) is 0 Å². The van der Waals surface area contributed by atoms with Gasteiger partial charge in [-0.15, -0.1) is 0 Å². The van der Waals surface area contributed by atoms with Crippen LogP contribution in [0.5, 0.6) is 11.8 Å². The number of para-hydroxylation sites is 1. The van der Waals surface area contributed by atoms with Crippen LogP contribution in [0, 0.1) is 0 Å². The minimum atomic E-state index is 0.0827. The Morgan fingerprint density at radius 2 is 2.21 bits per heavy atom. The van der Waals surface area contributed by atoms with Crippen LogP contribution >= 0.6 is 0 Å². The fourth-order valence-corrected chi connectivity index (χ4v) is 0.965. The van der Waals surface area contributed by atoms with Crippen molar-refractivity contribution in [3.8, 4) is 11.8 Å². The Bertz CT molecular complexity index is 427.